The fourth-order valence-electron chi connectivity index (χ4n) is 2.18. The lowest BCUT2D eigenvalue weighted by atomic mass is 9.96. The van der Waals surface area contributed by atoms with Gasteiger partial charge < -0.3 is 10.1 Å². The van der Waals surface area contributed by atoms with Gasteiger partial charge in [0, 0.05) is 20.3 Å². The summed E-state index contributed by atoms with van der Waals surface area (Å²) in [7, 11) is -1.49. The van der Waals surface area contributed by atoms with Gasteiger partial charge in [0.1, 0.15) is 0 Å². The highest BCUT2D eigenvalue weighted by atomic mass is 32.2. The van der Waals surface area contributed by atoms with Gasteiger partial charge in [-0.3, -0.25) is 0 Å². The fraction of sp³-hybridized carbons (Fsp3) is 1.00. The van der Waals surface area contributed by atoms with Gasteiger partial charge in [0.15, 0.2) is 0 Å². The molecule has 0 saturated carbocycles. The van der Waals surface area contributed by atoms with Crippen LogP contribution in [-0.4, -0.2) is 47.5 Å². The number of sulfonamides is 1. The number of piperidine rings is 1. The average molecular weight is 278 g/mol. The first-order valence-electron chi connectivity index (χ1n) is 6.70. The van der Waals surface area contributed by atoms with E-state index in [-0.39, 0.29) is 11.7 Å². The maximum absolute atomic E-state index is 11.8. The summed E-state index contributed by atoms with van der Waals surface area (Å²) in [5, 5.41) is 3.29. The molecule has 1 aliphatic heterocycles. The van der Waals surface area contributed by atoms with Crippen molar-refractivity contribution in [3.05, 3.63) is 0 Å². The molecule has 0 aromatic carbocycles. The van der Waals surface area contributed by atoms with E-state index in [9.17, 15) is 8.42 Å². The predicted molar refractivity (Wildman–Crippen MR) is 73.0 cm³/mol. The Labute approximate surface area is 111 Å². The fourth-order valence-corrected chi connectivity index (χ4v) is 3.50. The van der Waals surface area contributed by atoms with Crippen LogP contribution in [0.25, 0.3) is 0 Å². The van der Waals surface area contributed by atoms with Gasteiger partial charge in [-0.2, -0.15) is 0 Å². The van der Waals surface area contributed by atoms with Gasteiger partial charge in [-0.15, -0.1) is 0 Å². The Morgan fingerprint density at radius 1 is 1.39 bits per heavy atom. The van der Waals surface area contributed by atoms with E-state index in [2.05, 4.69) is 10.0 Å². The molecule has 0 aromatic rings. The molecule has 108 valence electrons. The van der Waals surface area contributed by atoms with Crippen LogP contribution in [0.3, 0.4) is 0 Å². The van der Waals surface area contributed by atoms with Crippen LogP contribution in [0.1, 0.15) is 26.2 Å². The second kappa shape index (κ2) is 8.09. The zero-order valence-corrected chi connectivity index (χ0v) is 12.3. The normalized spacial score (nSPS) is 19.9. The SMILES string of the molecule is COCC(C)CNS(=O)(=O)CCC1CCNCC1. The third-order valence-corrected chi connectivity index (χ3v) is 4.74. The van der Waals surface area contributed by atoms with E-state index in [1.807, 2.05) is 6.92 Å². The molecule has 0 aliphatic carbocycles. The molecule has 6 heteroatoms. The lowest BCUT2D eigenvalue weighted by molar-refractivity contribution is 0.161. The van der Waals surface area contributed by atoms with Gasteiger partial charge >= 0.3 is 0 Å². The first-order chi connectivity index (χ1) is 8.53. The van der Waals surface area contributed by atoms with Crippen molar-refractivity contribution in [1.82, 2.24) is 10.0 Å². The van der Waals surface area contributed by atoms with Crippen molar-refractivity contribution < 1.29 is 13.2 Å². The number of rotatable bonds is 8. The molecule has 1 aliphatic rings. The van der Waals surface area contributed by atoms with Crippen LogP contribution in [0, 0.1) is 11.8 Å². The highest BCUT2D eigenvalue weighted by Crippen LogP contribution is 2.16. The third kappa shape index (κ3) is 6.68. The number of nitrogens with one attached hydrogen (secondary N) is 2. The van der Waals surface area contributed by atoms with E-state index in [1.165, 1.54) is 0 Å². The minimum atomic E-state index is -3.12. The molecule has 1 heterocycles. The summed E-state index contributed by atoms with van der Waals surface area (Å²) in [6, 6.07) is 0. The number of hydrogen-bond donors (Lipinski definition) is 2. The van der Waals surface area contributed by atoms with Crippen LogP contribution in [0.2, 0.25) is 0 Å². The summed E-state index contributed by atoms with van der Waals surface area (Å²) in [5.74, 6) is 1.01. The summed E-state index contributed by atoms with van der Waals surface area (Å²) in [6.07, 6.45) is 2.96. The van der Waals surface area contributed by atoms with Crippen LogP contribution >= 0.6 is 0 Å². The van der Waals surface area contributed by atoms with E-state index in [4.69, 9.17) is 4.74 Å². The van der Waals surface area contributed by atoms with Crippen molar-refractivity contribution in [2.24, 2.45) is 11.8 Å². The van der Waals surface area contributed by atoms with Gasteiger partial charge in [0.2, 0.25) is 10.0 Å². The largest absolute Gasteiger partial charge is 0.384 e. The first-order valence-corrected chi connectivity index (χ1v) is 8.35. The average Bonchev–Trinajstić information content (AvgIpc) is 2.36. The van der Waals surface area contributed by atoms with Gasteiger partial charge in [0.25, 0.3) is 0 Å². The van der Waals surface area contributed by atoms with Crippen molar-refractivity contribution in [3.8, 4) is 0 Å². The van der Waals surface area contributed by atoms with Gasteiger partial charge in [-0.25, -0.2) is 13.1 Å². The van der Waals surface area contributed by atoms with Gasteiger partial charge in [-0.05, 0) is 44.2 Å². The lowest BCUT2D eigenvalue weighted by Gasteiger charge is -2.22. The predicted octanol–water partition coefficient (Wildman–Crippen LogP) is 0.578. The van der Waals surface area contributed by atoms with Crippen molar-refractivity contribution in [1.29, 1.82) is 0 Å². The molecule has 2 N–H and O–H groups in total. The van der Waals surface area contributed by atoms with E-state index in [0.29, 0.717) is 19.1 Å². The minimum Gasteiger partial charge on any atom is -0.384 e. The molecule has 0 bridgehead atoms. The molecule has 0 radical (unpaired) electrons. The molecule has 5 nitrogen and oxygen atoms in total. The number of methoxy groups -OCH3 is 1. The summed E-state index contributed by atoms with van der Waals surface area (Å²) >= 11 is 0. The first kappa shape index (κ1) is 15.9. The maximum atomic E-state index is 11.8. The van der Waals surface area contributed by atoms with Crippen LogP contribution in [0.15, 0.2) is 0 Å². The van der Waals surface area contributed by atoms with Crippen LogP contribution < -0.4 is 10.0 Å². The smallest absolute Gasteiger partial charge is 0.211 e. The zero-order chi connectivity index (χ0) is 13.4. The van der Waals surface area contributed by atoms with Gasteiger partial charge in [0.05, 0.1) is 5.75 Å². The topological polar surface area (TPSA) is 67.4 Å². The molecular formula is C12H26N2O3S. The number of hydrogen-bond acceptors (Lipinski definition) is 4. The molecule has 1 saturated heterocycles. The van der Waals surface area contributed by atoms with E-state index < -0.39 is 10.0 Å². The van der Waals surface area contributed by atoms with Crippen LogP contribution in [0.4, 0.5) is 0 Å². The zero-order valence-electron chi connectivity index (χ0n) is 11.4. The summed E-state index contributed by atoms with van der Waals surface area (Å²) in [6.45, 7) is 5.05. The Hall–Kier alpha value is -0.170. The molecule has 1 rings (SSSR count). The quantitative estimate of drug-likeness (QED) is 0.681. The van der Waals surface area contributed by atoms with Crippen molar-refractivity contribution in [3.63, 3.8) is 0 Å². The summed E-state index contributed by atoms with van der Waals surface area (Å²) in [5.41, 5.74) is 0. The Balaban J connectivity index is 2.22. The summed E-state index contributed by atoms with van der Waals surface area (Å²) in [4.78, 5) is 0. The standard InChI is InChI=1S/C12H26N2O3S/c1-11(10-17-2)9-14-18(15,16)8-5-12-3-6-13-7-4-12/h11-14H,3-10H2,1-2H3. The van der Waals surface area contributed by atoms with Crippen LogP contribution in [-0.2, 0) is 14.8 Å². The highest BCUT2D eigenvalue weighted by molar-refractivity contribution is 7.89. The Morgan fingerprint density at radius 3 is 2.67 bits per heavy atom. The molecule has 0 aromatic heterocycles. The van der Waals surface area contributed by atoms with E-state index in [1.54, 1.807) is 7.11 Å². The monoisotopic (exact) mass is 278 g/mol. The Kier molecular flexibility index (Phi) is 7.14. The molecule has 0 spiro atoms. The molecule has 1 atom stereocenters. The molecule has 1 unspecified atom stereocenters. The van der Waals surface area contributed by atoms with Crippen molar-refractivity contribution in [2.75, 3.05) is 39.1 Å². The van der Waals surface area contributed by atoms with E-state index >= 15 is 0 Å². The second-order valence-electron chi connectivity index (χ2n) is 5.21. The molecular weight excluding hydrogens is 252 g/mol. The Morgan fingerprint density at radius 2 is 2.06 bits per heavy atom. The van der Waals surface area contributed by atoms with Gasteiger partial charge in [-0.1, -0.05) is 6.92 Å². The Bertz CT molecular complexity index is 313. The van der Waals surface area contributed by atoms with E-state index in [0.717, 1.165) is 32.4 Å². The minimum absolute atomic E-state index is 0.212. The van der Waals surface area contributed by atoms with Crippen molar-refractivity contribution >= 4 is 10.0 Å². The van der Waals surface area contributed by atoms with Crippen LogP contribution in [0.5, 0.6) is 0 Å². The second-order valence-corrected chi connectivity index (χ2v) is 7.14. The van der Waals surface area contributed by atoms with Crippen molar-refractivity contribution in [2.45, 2.75) is 26.2 Å². The maximum Gasteiger partial charge on any atom is 0.211 e. The number of ether oxygens (including phenoxy) is 1. The molecule has 0 amide bonds. The lowest BCUT2D eigenvalue weighted by Crippen LogP contribution is -2.34. The molecule has 1 fully saturated rings. The third-order valence-electron chi connectivity index (χ3n) is 3.36. The molecule has 18 heavy (non-hydrogen) atoms. The summed E-state index contributed by atoms with van der Waals surface area (Å²) < 4.78 is 31.3. The highest BCUT2D eigenvalue weighted by Gasteiger charge is 2.18.